The molecule has 2 aromatic rings. The summed E-state index contributed by atoms with van der Waals surface area (Å²) in [5.74, 6) is -1.32. The predicted octanol–water partition coefficient (Wildman–Crippen LogP) is 4.92. The molecule has 0 bridgehead atoms. The van der Waals surface area contributed by atoms with Gasteiger partial charge in [-0.25, -0.2) is 4.39 Å². The minimum atomic E-state index is -4.93. The number of likely N-dealkylation sites (tertiary alicyclic amines) is 1. The monoisotopic (exact) mass is 478 g/mol. The summed E-state index contributed by atoms with van der Waals surface area (Å²) in [4.78, 5) is 14.7. The lowest BCUT2D eigenvalue weighted by Crippen LogP contribution is -2.59. The SMILES string of the molecule is CO[C@@](C(=O)N1CCC2(CCNCC2c2cccc(F)c2C)CC1)(c1ccccc1)C(F)(F)F. The van der Waals surface area contributed by atoms with E-state index in [1.165, 1.54) is 35.2 Å². The number of rotatable bonds is 4. The molecular weight excluding hydrogens is 448 g/mol. The maximum Gasteiger partial charge on any atom is 0.430 e. The number of ether oxygens (including phenoxy) is 1. The minimum absolute atomic E-state index is 0.0260. The first kappa shape index (κ1) is 24.7. The van der Waals surface area contributed by atoms with E-state index in [1.807, 2.05) is 6.07 Å². The number of hydrogen-bond acceptors (Lipinski definition) is 3. The number of nitrogens with one attached hydrogen (secondary N) is 1. The Kier molecular flexibility index (Phi) is 6.75. The molecule has 1 unspecified atom stereocenters. The van der Waals surface area contributed by atoms with Gasteiger partial charge in [0.05, 0.1) is 0 Å². The van der Waals surface area contributed by atoms with Crippen molar-refractivity contribution in [2.24, 2.45) is 5.41 Å². The van der Waals surface area contributed by atoms with Gasteiger partial charge in [-0.2, -0.15) is 13.2 Å². The van der Waals surface area contributed by atoms with Crippen molar-refractivity contribution >= 4 is 5.91 Å². The van der Waals surface area contributed by atoms with E-state index < -0.39 is 17.7 Å². The van der Waals surface area contributed by atoms with Crippen LogP contribution in [0.2, 0.25) is 0 Å². The Bertz CT molecular complexity index is 1020. The molecule has 1 spiro atoms. The van der Waals surface area contributed by atoms with Crippen LogP contribution < -0.4 is 5.32 Å². The molecule has 1 amide bonds. The largest absolute Gasteiger partial charge is 0.430 e. The molecule has 34 heavy (non-hydrogen) atoms. The van der Waals surface area contributed by atoms with E-state index in [4.69, 9.17) is 4.74 Å². The van der Waals surface area contributed by atoms with Gasteiger partial charge >= 0.3 is 6.18 Å². The third-order valence-electron chi connectivity index (χ3n) is 7.81. The van der Waals surface area contributed by atoms with Crippen molar-refractivity contribution in [3.63, 3.8) is 0 Å². The highest BCUT2D eigenvalue weighted by molar-refractivity contribution is 5.88. The molecule has 2 fully saturated rings. The fourth-order valence-electron chi connectivity index (χ4n) is 5.79. The number of halogens is 4. The second-order valence-corrected chi connectivity index (χ2v) is 9.36. The Morgan fingerprint density at radius 2 is 1.74 bits per heavy atom. The van der Waals surface area contributed by atoms with E-state index in [-0.39, 0.29) is 35.8 Å². The first-order valence-corrected chi connectivity index (χ1v) is 11.6. The Labute approximate surface area is 197 Å². The van der Waals surface area contributed by atoms with Crippen molar-refractivity contribution in [3.8, 4) is 0 Å². The van der Waals surface area contributed by atoms with E-state index in [2.05, 4.69) is 5.32 Å². The summed E-state index contributed by atoms with van der Waals surface area (Å²) < 4.78 is 62.4. The van der Waals surface area contributed by atoms with Crippen LogP contribution in [0.15, 0.2) is 48.5 Å². The molecule has 2 heterocycles. The van der Waals surface area contributed by atoms with Crippen LogP contribution in [-0.4, -0.2) is 50.3 Å². The Balaban J connectivity index is 1.62. The predicted molar refractivity (Wildman–Crippen MR) is 121 cm³/mol. The molecule has 1 N–H and O–H groups in total. The summed E-state index contributed by atoms with van der Waals surface area (Å²) in [5, 5.41) is 3.39. The number of benzene rings is 2. The molecule has 8 heteroatoms. The highest BCUT2D eigenvalue weighted by Gasteiger charge is 2.64. The zero-order chi connectivity index (χ0) is 24.6. The summed E-state index contributed by atoms with van der Waals surface area (Å²) in [6.45, 7) is 3.61. The average molecular weight is 479 g/mol. The number of piperidine rings is 2. The molecule has 4 rings (SSSR count). The zero-order valence-corrected chi connectivity index (χ0v) is 19.4. The molecule has 0 saturated carbocycles. The minimum Gasteiger partial charge on any atom is -0.356 e. The smallest absolute Gasteiger partial charge is 0.356 e. The molecule has 184 valence electrons. The standard InChI is InChI=1S/C26H30F4N2O2/c1-18-20(9-6-10-22(18)27)21-17-31-14-11-24(21)12-15-32(16-13-24)23(33)25(34-2,26(28,29)30)19-7-4-3-5-8-19/h3-10,21,31H,11-17H2,1-2H3/t21?,25-/m1/s1. The average Bonchev–Trinajstić information content (AvgIpc) is 2.82. The molecule has 0 aliphatic carbocycles. The van der Waals surface area contributed by atoms with Crippen molar-refractivity contribution in [1.29, 1.82) is 0 Å². The molecule has 2 aromatic carbocycles. The van der Waals surface area contributed by atoms with Gasteiger partial charge in [-0.3, -0.25) is 4.79 Å². The molecule has 2 atom stereocenters. The van der Waals surface area contributed by atoms with Gasteiger partial charge in [-0.05, 0) is 55.3 Å². The van der Waals surface area contributed by atoms with Crippen LogP contribution in [0.3, 0.4) is 0 Å². The van der Waals surface area contributed by atoms with Crippen LogP contribution in [0.5, 0.6) is 0 Å². The normalized spacial score (nSPS) is 22.4. The molecule has 0 aromatic heterocycles. The number of amides is 1. The third-order valence-corrected chi connectivity index (χ3v) is 7.81. The van der Waals surface area contributed by atoms with Crippen molar-refractivity contribution in [2.75, 3.05) is 33.3 Å². The maximum absolute atomic E-state index is 14.4. The van der Waals surface area contributed by atoms with Crippen molar-refractivity contribution in [2.45, 2.75) is 43.9 Å². The number of hydrogen-bond donors (Lipinski definition) is 1. The summed E-state index contributed by atoms with van der Waals surface area (Å²) in [6, 6.07) is 12.2. The van der Waals surface area contributed by atoms with Gasteiger partial charge in [-0.1, -0.05) is 42.5 Å². The Hall–Kier alpha value is -2.45. The third kappa shape index (κ3) is 4.01. The first-order chi connectivity index (χ1) is 16.2. The fourth-order valence-corrected chi connectivity index (χ4v) is 5.79. The van der Waals surface area contributed by atoms with Gasteiger partial charge in [0.15, 0.2) is 0 Å². The highest BCUT2D eigenvalue weighted by Crippen LogP contribution is 2.50. The summed E-state index contributed by atoms with van der Waals surface area (Å²) in [7, 11) is 0.930. The van der Waals surface area contributed by atoms with Gasteiger partial charge < -0.3 is 15.0 Å². The van der Waals surface area contributed by atoms with Crippen LogP contribution in [0.4, 0.5) is 17.6 Å². The van der Waals surface area contributed by atoms with Crippen LogP contribution in [0.25, 0.3) is 0 Å². The number of carbonyl (C=O) groups is 1. The molecule has 2 saturated heterocycles. The number of methoxy groups -OCH3 is 1. The van der Waals surface area contributed by atoms with E-state index in [0.29, 0.717) is 24.9 Å². The van der Waals surface area contributed by atoms with E-state index in [1.54, 1.807) is 19.1 Å². The molecule has 2 aliphatic rings. The van der Waals surface area contributed by atoms with Crippen LogP contribution in [-0.2, 0) is 15.1 Å². The zero-order valence-electron chi connectivity index (χ0n) is 19.4. The fraction of sp³-hybridized carbons (Fsp3) is 0.500. The lowest BCUT2D eigenvalue weighted by molar-refractivity contribution is -0.271. The maximum atomic E-state index is 14.4. The molecule has 4 nitrogen and oxygen atoms in total. The van der Waals surface area contributed by atoms with Crippen LogP contribution >= 0.6 is 0 Å². The van der Waals surface area contributed by atoms with Crippen LogP contribution in [0, 0.1) is 18.2 Å². The summed E-state index contributed by atoms with van der Waals surface area (Å²) in [5.41, 5.74) is -1.95. The highest BCUT2D eigenvalue weighted by atomic mass is 19.4. The lowest BCUT2D eigenvalue weighted by atomic mass is 9.62. The topological polar surface area (TPSA) is 41.6 Å². The molecular formula is C26H30F4N2O2. The second kappa shape index (κ2) is 9.30. The quantitative estimate of drug-likeness (QED) is 0.634. The van der Waals surface area contributed by atoms with Gasteiger partial charge in [0.1, 0.15) is 5.82 Å². The van der Waals surface area contributed by atoms with E-state index >= 15 is 0 Å². The Morgan fingerprint density at radius 3 is 2.35 bits per heavy atom. The second-order valence-electron chi connectivity index (χ2n) is 9.36. The number of carbonyl (C=O) groups excluding carboxylic acids is 1. The van der Waals surface area contributed by atoms with E-state index in [9.17, 15) is 22.4 Å². The van der Waals surface area contributed by atoms with Crippen LogP contribution in [0.1, 0.15) is 41.9 Å². The van der Waals surface area contributed by atoms with Crippen molar-refractivity contribution in [3.05, 3.63) is 71.0 Å². The van der Waals surface area contributed by atoms with Gasteiger partial charge in [0.25, 0.3) is 11.5 Å². The molecule has 0 radical (unpaired) electrons. The summed E-state index contributed by atoms with van der Waals surface area (Å²) in [6.07, 6.45) is -3.00. The van der Waals surface area contributed by atoms with Gasteiger partial charge in [0.2, 0.25) is 0 Å². The lowest BCUT2D eigenvalue weighted by Gasteiger charge is -2.51. The van der Waals surface area contributed by atoms with E-state index in [0.717, 1.165) is 25.6 Å². The van der Waals surface area contributed by atoms with Gasteiger partial charge in [0, 0.05) is 38.2 Å². The first-order valence-electron chi connectivity index (χ1n) is 11.6. The number of nitrogens with zero attached hydrogens (tertiary/aromatic N) is 1. The molecule has 2 aliphatic heterocycles. The Morgan fingerprint density at radius 1 is 1.06 bits per heavy atom. The van der Waals surface area contributed by atoms with Crippen molar-refractivity contribution < 1.29 is 27.1 Å². The number of alkyl halides is 3. The van der Waals surface area contributed by atoms with Crippen molar-refractivity contribution in [1.82, 2.24) is 10.2 Å². The summed E-state index contributed by atoms with van der Waals surface area (Å²) >= 11 is 0. The van der Waals surface area contributed by atoms with Gasteiger partial charge in [-0.15, -0.1) is 0 Å².